The molecule has 1 saturated heterocycles. The van der Waals surface area contributed by atoms with E-state index >= 15 is 0 Å². The van der Waals surface area contributed by atoms with Crippen molar-refractivity contribution in [2.45, 2.75) is 25.4 Å². The molecule has 1 heterocycles. The monoisotopic (exact) mass is 254 g/mol. The van der Waals surface area contributed by atoms with E-state index in [9.17, 15) is 14.5 Å². The maximum Gasteiger partial charge on any atom is 0.305 e. The van der Waals surface area contributed by atoms with E-state index in [0.29, 0.717) is 18.8 Å². The van der Waals surface area contributed by atoms with Crippen LogP contribution < -0.4 is 5.32 Å². The first-order valence-corrected chi connectivity index (χ1v) is 5.76. The minimum atomic E-state index is -0.766. The zero-order chi connectivity index (χ0) is 13.2. The van der Waals surface area contributed by atoms with Crippen LogP contribution in [0, 0.1) is 15.9 Å². The van der Waals surface area contributed by atoms with Gasteiger partial charge in [0.05, 0.1) is 11.5 Å². The fraction of sp³-hybridized carbons (Fsp3) is 0.500. The molecule has 1 atom stereocenters. The first-order chi connectivity index (χ1) is 8.52. The maximum absolute atomic E-state index is 13.8. The summed E-state index contributed by atoms with van der Waals surface area (Å²) in [5, 5.41) is 13.8. The molecule has 0 bridgehead atoms. The van der Waals surface area contributed by atoms with Crippen molar-refractivity contribution >= 4 is 5.69 Å². The Hall–Kier alpha value is -1.53. The Morgan fingerprint density at radius 2 is 2.39 bits per heavy atom. The zero-order valence-electron chi connectivity index (χ0n) is 10.1. The van der Waals surface area contributed by atoms with Gasteiger partial charge in [-0.3, -0.25) is 10.1 Å². The summed E-state index contributed by atoms with van der Waals surface area (Å²) < 4.78 is 19.1. The smallest absolute Gasteiger partial charge is 0.305 e. The number of nitrogens with one attached hydrogen (secondary N) is 1. The van der Waals surface area contributed by atoms with Crippen LogP contribution in [0.25, 0.3) is 0 Å². The summed E-state index contributed by atoms with van der Waals surface area (Å²) in [7, 11) is 0. The SMILES string of the molecule is CC1(NCc2cccc([N+](=O)[O-])c2F)CCOC1. The Bertz CT molecular complexity index is 459. The number of benzene rings is 1. The third-order valence-corrected chi connectivity index (χ3v) is 3.18. The lowest BCUT2D eigenvalue weighted by molar-refractivity contribution is -0.387. The molecule has 0 radical (unpaired) electrons. The molecule has 1 aliphatic heterocycles. The third kappa shape index (κ3) is 2.65. The predicted molar refractivity (Wildman–Crippen MR) is 63.7 cm³/mol. The highest BCUT2D eigenvalue weighted by Gasteiger charge is 2.29. The lowest BCUT2D eigenvalue weighted by atomic mass is 10.0. The molecule has 1 aliphatic rings. The van der Waals surface area contributed by atoms with Gasteiger partial charge < -0.3 is 10.1 Å². The van der Waals surface area contributed by atoms with Crippen molar-refractivity contribution in [3.05, 3.63) is 39.7 Å². The van der Waals surface area contributed by atoms with Crippen LogP contribution in [0.15, 0.2) is 18.2 Å². The fourth-order valence-electron chi connectivity index (χ4n) is 1.96. The minimum absolute atomic E-state index is 0.183. The molecule has 1 unspecified atom stereocenters. The molecule has 0 spiro atoms. The van der Waals surface area contributed by atoms with Gasteiger partial charge in [-0.15, -0.1) is 0 Å². The van der Waals surface area contributed by atoms with Crippen molar-refractivity contribution in [1.82, 2.24) is 5.32 Å². The van der Waals surface area contributed by atoms with Gasteiger partial charge in [0.25, 0.3) is 0 Å². The van der Waals surface area contributed by atoms with Gasteiger partial charge in [0.15, 0.2) is 0 Å². The average Bonchev–Trinajstić information content (AvgIpc) is 2.75. The fourth-order valence-corrected chi connectivity index (χ4v) is 1.96. The second-order valence-electron chi connectivity index (χ2n) is 4.72. The van der Waals surface area contributed by atoms with Crippen LogP contribution in [0.4, 0.5) is 10.1 Å². The Morgan fingerprint density at radius 3 is 3.00 bits per heavy atom. The molecule has 1 aromatic carbocycles. The van der Waals surface area contributed by atoms with Crippen LogP contribution in [0.3, 0.4) is 0 Å². The van der Waals surface area contributed by atoms with E-state index in [4.69, 9.17) is 4.74 Å². The van der Waals surface area contributed by atoms with Crippen LogP contribution in [0.1, 0.15) is 18.9 Å². The van der Waals surface area contributed by atoms with Gasteiger partial charge in [0.1, 0.15) is 0 Å². The molecule has 0 saturated carbocycles. The van der Waals surface area contributed by atoms with Crippen LogP contribution in [0.2, 0.25) is 0 Å². The average molecular weight is 254 g/mol. The Balaban J connectivity index is 2.10. The van der Waals surface area contributed by atoms with Crippen molar-refractivity contribution in [2.75, 3.05) is 13.2 Å². The number of rotatable bonds is 4. The number of nitro benzene ring substituents is 1. The van der Waals surface area contributed by atoms with Gasteiger partial charge in [-0.25, -0.2) is 0 Å². The molecule has 2 rings (SSSR count). The number of halogens is 1. The van der Waals surface area contributed by atoms with Gasteiger partial charge in [0, 0.05) is 30.3 Å². The van der Waals surface area contributed by atoms with Crippen molar-refractivity contribution in [2.24, 2.45) is 0 Å². The molecule has 98 valence electrons. The summed E-state index contributed by atoms with van der Waals surface area (Å²) in [6.07, 6.45) is 0.851. The molecule has 0 amide bonds. The largest absolute Gasteiger partial charge is 0.379 e. The third-order valence-electron chi connectivity index (χ3n) is 3.18. The van der Waals surface area contributed by atoms with Crippen molar-refractivity contribution < 1.29 is 14.1 Å². The number of nitrogens with zero attached hydrogens (tertiary/aromatic N) is 1. The van der Waals surface area contributed by atoms with E-state index in [1.165, 1.54) is 12.1 Å². The lowest BCUT2D eigenvalue weighted by Crippen LogP contribution is -2.42. The van der Waals surface area contributed by atoms with E-state index in [0.717, 1.165) is 6.42 Å². The second kappa shape index (κ2) is 4.99. The van der Waals surface area contributed by atoms with Crippen LogP contribution in [-0.2, 0) is 11.3 Å². The first-order valence-electron chi connectivity index (χ1n) is 5.76. The van der Waals surface area contributed by atoms with Gasteiger partial charge >= 0.3 is 5.69 Å². The summed E-state index contributed by atoms with van der Waals surface area (Å²) >= 11 is 0. The number of ether oxygens (including phenoxy) is 1. The Morgan fingerprint density at radius 1 is 1.61 bits per heavy atom. The molecule has 1 fully saturated rings. The van der Waals surface area contributed by atoms with Gasteiger partial charge in [0.2, 0.25) is 5.82 Å². The zero-order valence-corrected chi connectivity index (χ0v) is 10.1. The highest BCUT2D eigenvalue weighted by molar-refractivity contribution is 5.36. The second-order valence-corrected chi connectivity index (χ2v) is 4.72. The van der Waals surface area contributed by atoms with E-state index < -0.39 is 16.4 Å². The summed E-state index contributed by atoms with van der Waals surface area (Å²) in [6.45, 7) is 3.51. The van der Waals surface area contributed by atoms with Crippen molar-refractivity contribution in [3.63, 3.8) is 0 Å². The normalized spacial score (nSPS) is 23.2. The minimum Gasteiger partial charge on any atom is -0.379 e. The number of hydrogen-bond donors (Lipinski definition) is 1. The van der Waals surface area contributed by atoms with Gasteiger partial charge in [-0.1, -0.05) is 12.1 Å². The molecular formula is C12H15FN2O3. The van der Waals surface area contributed by atoms with Gasteiger partial charge in [-0.05, 0) is 13.3 Å². The predicted octanol–water partition coefficient (Wildman–Crippen LogP) is 2.00. The highest BCUT2D eigenvalue weighted by Crippen LogP contribution is 2.22. The Kier molecular flexibility index (Phi) is 3.58. The summed E-state index contributed by atoms with van der Waals surface area (Å²) in [4.78, 5) is 9.91. The summed E-state index contributed by atoms with van der Waals surface area (Å²) in [6, 6.07) is 4.21. The molecule has 6 heteroatoms. The number of nitro groups is 1. The summed E-state index contributed by atoms with van der Waals surface area (Å²) in [5.41, 5.74) is -0.365. The van der Waals surface area contributed by atoms with E-state index in [1.54, 1.807) is 6.07 Å². The number of hydrogen-bond acceptors (Lipinski definition) is 4. The van der Waals surface area contributed by atoms with Crippen LogP contribution in [0.5, 0.6) is 0 Å². The maximum atomic E-state index is 13.8. The van der Waals surface area contributed by atoms with Crippen LogP contribution >= 0.6 is 0 Å². The topological polar surface area (TPSA) is 64.4 Å². The van der Waals surface area contributed by atoms with E-state index in [-0.39, 0.29) is 12.1 Å². The lowest BCUT2D eigenvalue weighted by Gasteiger charge is -2.23. The van der Waals surface area contributed by atoms with E-state index in [2.05, 4.69) is 5.32 Å². The molecular weight excluding hydrogens is 239 g/mol. The van der Waals surface area contributed by atoms with Crippen molar-refractivity contribution in [1.29, 1.82) is 0 Å². The van der Waals surface area contributed by atoms with Crippen LogP contribution in [-0.4, -0.2) is 23.7 Å². The summed E-state index contributed by atoms with van der Waals surface area (Å²) in [5.74, 6) is -0.766. The molecule has 5 nitrogen and oxygen atoms in total. The quantitative estimate of drug-likeness (QED) is 0.659. The molecule has 1 N–H and O–H groups in total. The Labute approximate surface area is 104 Å². The van der Waals surface area contributed by atoms with Gasteiger partial charge in [-0.2, -0.15) is 4.39 Å². The highest BCUT2D eigenvalue weighted by atomic mass is 19.1. The standard InChI is InChI=1S/C12H15FN2O3/c1-12(5-6-18-8-12)14-7-9-3-2-4-10(11(9)13)15(16)17/h2-4,14H,5-8H2,1H3. The molecule has 0 aliphatic carbocycles. The molecule has 0 aromatic heterocycles. The molecule has 18 heavy (non-hydrogen) atoms. The molecule has 1 aromatic rings. The first kappa shape index (κ1) is 12.9. The van der Waals surface area contributed by atoms with E-state index in [1.807, 2.05) is 6.92 Å². The van der Waals surface area contributed by atoms with Crippen molar-refractivity contribution in [3.8, 4) is 0 Å².